The highest BCUT2D eigenvalue weighted by Gasteiger charge is 2.24. The molecule has 0 unspecified atom stereocenters. The number of rotatable bonds is 20. The van der Waals surface area contributed by atoms with Crippen LogP contribution in [0.25, 0.3) is 0 Å². The van der Waals surface area contributed by atoms with E-state index < -0.39 is 17.9 Å². The number of carbonyl (C=O) groups excluding carboxylic acids is 3. The number of nitrogens with one attached hydrogen (secondary N) is 2. The molecular weight excluding hydrogens is 452 g/mol. The van der Waals surface area contributed by atoms with Crippen LogP contribution in [0.3, 0.4) is 0 Å². The predicted molar refractivity (Wildman–Crippen MR) is 132 cm³/mol. The Bertz CT molecular complexity index is 770. The molecule has 0 fully saturated rings. The molecule has 9 heteroatoms. The van der Waals surface area contributed by atoms with Crippen molar-refractivity contribution in [3.8, 4) is 0 Å². The number of amides is 2. The Balaban J connectivity index is 2.65. The maximum absolute atomic E-state index is 12.9. The van der Waals surface area contributed by atoms with Gasteiger partial charge in [-0.05, 0) is 18.4 Å². The molecule has 0 saturated heterocycles. The second-order valence-electron chi connectivity index (χ2n) is 7.83. The fourth-order valence-corrected chi connectivity index (χ4v) is 3.04. The summed E-state index contributed by atoms with van der Waals surface area (Å²) in [4.78, 5) is 37.1. The zero-order chi connectivity index (χ0) is 25.7. The van der Waals surface area contributed by atoms with Crippen molar-refractivity contribution >= 4 is 17.8 Å². The summed E-state index contributed by atoms with van der Waals surface area (Å²) in [5.74, 6) is -1.68. The molecule has 2 amide bonds. The van der Waals surface area contributed by atoms with Gasteiger partial charge in [0.05, 0.1) is 45.0 Å². The van der Waals surface area contributed by atoms with Crippen LogP contribution in [0.2, 0.25) is 0 Å². The van der Waals surface area contributed by atoms with E-state index in [4.69, 9.17) is 19.3 Å². The van der Waals surface area contributed by atoms with Crippen molar-refractivity contribution in [1.82, 2.24) is 10.6 Å². The van der Waals surface area contributed by atoms with E-state index in [1.807, 2.05) is 30.3 Å². The summed E-state index contributed by atoms with van der Waals surface area (Å²) in [6.07, 6.45) is 4.19. The number of hydrogen-bond donors (Lipinski definition) is 3. The third kappa shape index (κ3) is 14.8. The summed E-state index contributed by atoms with van der Waals surface area (Å²) in [6, 6.07) is 8.99. The Hall–Kier alpha value is -3.01. The summed E-state index contributed by atoms with van der Waals surface area (Å²) in [7, 11) is 0. The standard InChI is InChI=1S/C26H38N2O7/c1-3-5-12-25(31)35-20-23(19-34-18-21-10-7-6-8-11-21)28-26(32)22(9-4-2)17-24(30)27-13-15-33-16-14-29/h3-4,6-8,10-11,22-23,29H,1-2,5,9,12-20H2,(H,27,30)(H,28,32)/t22-,23+/m1/s1. The molecule has 0 aliphatic heterocycles. The largest absolute Gasteiger partial charge is 0.463 e. The van der Waals surface area contributed by atoms with Crippen molar-refractivity contribution in [3.63, 3.8) is 0 Å². The summed E-state index contributed by atoms with van der Waals surface area (Å²) in [5, 5.41) is 14.2. The Labute approximate surface area is 207 Å². The van der Waals surface area contributed by atoms with E-state index in [1.165, 1.54) is 0 Å². The average molecular weight is 491 g/mol. The van der Waals surface area contributed by atoms with E-state index in [1.54, 1.807) is 12.2 Å². The number of aliphatic hydroxyl groups excluding tert-OH is 1. The maximum atomic E-state index is 12.9. The number of allylic oxidation sites excluding steroid dienone is 2. The topological polar surface area (TPSA) is 123 Å². The third-order valence-corrected chi connectivity index (χ3v) is 4.83. The van der Waals surface area contributed by atoms with Gasteiger partial charge in [0.1, 0.15) is 6.61 Å². The van der Waals surface area contributed by atoms with Crippen molar-refractivity contribution in [1.29, 1.82) is 0 Å². The highest BCUT2D eigenvalue weighted by Crippen LogP contribution is 2.11. The third-order valence-electron chi connectivity index (χ3n) is 4.83. The van der Waals surface area contributed by atoms with Gasteiger partial charge in [0.15, 0.2) is 0 Å². The molecule has 0 spiro atoms. The van der Waals surface area contributed by atoms with Gasteiger partial charge in [0.25, 0.3) is 0 Å². The smallest absolute Gasteiger partial charge is 0.306 e. The Morgan fingerprint density at radius 2 is 1.80 bits per heavy atom. The first-order valence-electron chi connectivity index (χ1n) is 11.7. The molecule has 0 aliphatic carbocycles. The molecule has 35 heavy (non-hydrogen) atoms. The van der Waals surface area contributed by atoms with Crippen molar-refractivity contribution in [3.05, 3.63) is 61.2 Å². The molecule has 194 valence electrons. The lowest BCUT2D eigenvalue weighted by atomic mass is 9.99. The van der Waals surface area contributed by atoms with Crippen LogP contribution < -0.4 is 10.6 Å². The van der Waals surface area contributed by atoms with Crippen molar-refractivity contribution in [2.75, 3.05) is 39.6 Å². The first kappa shape index (κ1) is 30.0. The van der Waals surface area contributed by atoms with Gasteiger partial charge in [-0.3, -0.25) is 14.4 Å². The second kappa shape index (κ2) is 19.3. The fraction of sp³-hybridized carbons (Fsp3) is 0.500. The van der Waals surface area contributed by atoms with Gasteiger partial charge >= 0.3 is 5.97 Å². The van der Waals surface area contributed by atoms with Gasteiger partial charge in [0.2, 0.25) is 11.8 Å². The minimum Gasteiger partial charge on any atom is -0.463 e. The maximum Gasteiger partial charge on any atom is 0.306 e. The van der Waals surface area contributed by atoms with Crippen LogP contribution in [0.1, 0.15) is 31.2 Å². The molecule has 9 nitrogen and oxygen atoms in total. The molecule has 1 aromatic rings. The molecular formula is C26H38N2O7. The molecule has 1 aromatic carbocycles. The van der Waals surface area contributed by atoms with E-state index in [2.05, 4.69) is 23.8 Å². The van der Waals surface area contributed by atoms with Crippen LogP contribution in [-0.4, -0.2) is 68.5 Å². The number of carbonyl (C=O) groups is 3. The first-order chi connectivity index (χ1) is 17.0. The Morgan fingerprint density at radius 1 is 1.03 bits per heavy atom. The van der Waals surface area contributed by atoms with Crippen LogP contribution in [0, 0.1) is 5.92 Å². The van der Waals surface area contributed by atoms with E-state index >= 15 is 0 Å². The second-order valence-corrected chi connectivity index (χ2v) is 7.83. The lowest BCUT2D eigenvalue weighted by Gasteiger charge is -2.22. The highest BCUT2D eigenvalue weighted by molar-refractivity contribution is 5.86. The van der Waals surface area contributed by atoms with Crippen molar-refractivity contribution in [2.45, 2.75) is 38.3 Å². The SMILES string of the molecule is C=CCCC(=O)OC[C@H](COCc1ccccc1)NC(=O)[C@H](CC=C)CC(=O)NCCOCCO. The summed E-state index contributed by atoms with van der Waals surface area (Å²) >= 11 is 0. The van der Waals surface area contributed by atoms with E-state index in [0.717, 1.165) is 5.56 Å². The Morgan fingerprint density at radius 3 is 2.49 bits per heavy atom. The molecule has 1 rings (SSSR count). The molecule has 0 aliphatic rings. The molecule has 2 atom stereocenters. The van der Waals surface area contributed by atoms with Crippen molar-refractivity contribution < 1.29 is 33.7 Å². The zero-order valence-corrected chi connectivity index (χ0v) is 20.3. The number of esters is 1. The van der Waals surface area contributed by atoms with E-state index in [-0.39, 0.29) is 64.2 Å². The van der Waals surface area contributed by atoms with Gasteiger partial charge in [-0.2, -0.15) is 0 Å². The van der Waals surface area contributed by atoms with Gasteiger partial charge < -0.3 is 30.0 Å². The summed E-state index contributed by atoms with van der Waals surface area (Å²) < 4.78 is 16.2. The Kier molecular flexibility index (Phi) is 16.6. The molecule has 0 bridgehead atoms. The zero-order valence-electron chi connectivity index (χ0n) is 20.3. The lowest BCUT2D eigenvalue weighted by molar-refractivity contribution is -0.145. The van der Waals surface area contributed by atoms with E-state index in [0.29, 0.717) is 19.4 Å². The minimum atomic E-state index is -0.640. The monoisotopic (exact) mass is 490 g/mol. The number of benzene rings is 1. The normalized spacial score (nSPS) is 12.3. The highest BCUT2D eigenvalue weighted by atomic mass is 16.5. The summed E-state index contributed by atoms with van der Waals surface area (Å²) in [6.45, 7) is 8.34. The fourth-order valence-electron chi connectivity index (χ4n) is 3.04. The quantitative estimate of drug-likeness (QED) is 0.145. The van der Waals surface area contributed by atoms with Crippen LogP contribution in [0.4, 0.5) is 0 Å². The van der Waals surface area contributed by atoms with Crippen LogP contribution in [-0.2, 0) is 35.2 Å². The molecule has 0 saturated carbocycles. The van der Waals surface area contributed by atoms with Crippen LogP contribution >= 0.6 is 0 Å². The lowest BCUT2D eigenvalue weighted by Crippen LogP contribution is -2.45. The average Bonchev–Trinajstić information content (AvgIpc) is 2.86. The first-order valence-corrected chi connectivity index (χ1v) is 11.7. The minimum absolute atomic E-state index is 0.0332. The molecule has 0 radical (unpaired) electrons. The van der Waals surface area contributed by atoms with Gasteiger partial charge in [-0.15, -0.1) is 13.2 Å². The number of aliphatic hydroxyl groups is 1. The molecule has 0 heterocycles. The number of ether oxygens (including phenoxy) is 3. The predicted octanol–water partition coefficient (Wildman–Crippen LogP) is 1.90. The van der Waals surface area contributed by atoms with Gasteiger partial charge in [-0.25, -0.2) is 0 Å². The van der Waals surface area contributed by atoms with Gasteiger partial charge in [-0.1, -0.05) is 42.5 Å². The summed E-state index contributed by atoms with van der Waals surface area (Å²) in [5.41, 5.74) is 0.977. The molecule has 0 aromatic heterocycles. The number of hydrogen-bond acceptors (Lipinski definition) is 7. The van der Waals surface area contributed by atoms with Crippen LogP contribution in [0.5, 0.6) is 0 Å². The van der Waals surface area contributed by atoms with Crippen LogP contribution in [0.15, 0.2) is 55.6 Å². The van der Waals surface area contributed by atoms with Gasteiger partial charge in [0, 0.05) is 19.4 Å². The van der Waals surface area contributed by atoms with Crippen molar-refractivity contribution in [2.24, 2.45) is 5.92 Å². The van der Waals surface area contributed by atoms with E-state index in [9.17, 15) is 14.4 Å². The molecule has 3 N–H and O–H groups in total.